The summed E-state index contributed by atoms with van der Waals surface area (Å²) in [5.74, 6) is 1.06. The fourth-order valence-corrected chi connectivity index (χ4v) is 2.46. The van der Waals surface area contributed by atoms with Crippen LogP contribution in [0.15, 0.2) is 34.6 Å². The van der Waals surface area contributed by atoms with E-state index in [9.17, 15) is 5.11 Å². The molecule has 0 aromatic carbocycles. The molecule has 0 radical (unpaired) electrons. The molecule has 0 saturated carbocycles. The number of halogens is 1. The van der Waals surface area contributed by atoms with Crippen molar-refractivity contribution >= 4 is 33.0 Å². The van der Waals surface area contributed by atoms with E-state index in [1.54, 1.807) is 23.7 Å². The van der Waals surface area contributed by atoms with E-state index >= 15 is 0 Å². The van der Waals surface area contributed by atoms with Gasteiger partial charge in [-0.3, -0.25) is 0 Å². The van der Waals surface area contributed by atoms with Gasteiger partial charge in [0.05, 0.1) is 16.4 Å². The molecule has 0 aliphatic carbocycles. The molecule has 0 saturated heterocycles. The average molecular weight is 365 g/mol. The van der Waals surface area contributed by atoms with E-state index in [1.165, 1.54) is 0 Å². The summed E-state index contributed by atoms with van der Waals surface area (Å²) in [7, 11) is 0. The number of allylic oxidation sites excluding steroid dienone is 3. The first-order chi connectivity index (χ1) is 10.5. The number of aliphatic hydroxyl groups is 1. The fourth-order valence-electron chi connectivity index (χ4n) is 2.11. The van der Waals surface area contributed by atoms with E-state index in [1.807, 2.05) is 19.1 Å². The highest BCUT2D eigenvalue weighted by atomic mass is 79.9. The molecule has 0 amide bonds. The van der Waals surface area contributed by atoms with Crippen LogP contribution in [0.3, 0.4) is 0 Å². The van der Waals surface area contributed by atoms with Crippen LogP contribution in [-0.2, 0) is 0 Å². The zero-order valence-corrected chi connectivity index (χ0v) is 14.8. The van der Waals surface area contributed by atoms with Crippen LogP contribution < -0.4 is 5.32 Å². The number of anilines is 1. The molecule has 6 heteroatoms. The molecule has 2 aromatic rings. The molecule has 22 heavy (non-hydrogen) atoms. The topological polar surface area (TPSA) is 62.5 Å². The zero-order chi connectivity index (χ0) is 16.3. The molecule has 1 atom stereocenters. The standard InChI is InChI=1S/C16H21BrN4O/c1-5-10(4)19-15-8-13(11(6-2)14(22)7-3)20-16-12(17)9-18-21(15)16/h6-10,19,22H,5H2,1-4H3/b11-6-,14-7+. The van der Waals surface area contributed by atoms with Crippen LogP contribution in [0.5, 0.6) is 0 Å². The van der Waals surface area contributed by atoms with Crippen molar-refractivity contribution in [3.63, 3.8) is 0 Å². The van der Waals surface area contributed by atoms with Gasteiger partial charge in [0.1, 0.15) is 11.6 Å². The van der Waals surface area contributed by atoms with Crippen molar-refractivity contribution in [2.45, 2.75) is 40.2 Å². The van der Waals surface area contributed by atoms with Crippen molar-refractivity contribution in [2.75, 3.05) is 5.32 Å². The summed E-state index contributed by atoms with van der Waals surface area (Å²) in [6, 6.07) is 2.22. The first kappa shape index (κ1) is 16.5. The Bertz CT molecular complexity index is 733. The Hall–Kier alpha value is -1.82. The summed E-state index contributed by atoms with van der Waals surface area (Å²) in [4.78, 5) is 4.61. The van der Waals surface area contributed by atoms with Gasteiger partial charge in [-0.05, 0) is 49.2 Å². The van der Waals surface area contributed by atoms with Crippen LogP contribution in [0.1, 0.15) is 39.8 Å². The average Bonchev–Trinajstić information content (AvgIpc) is 2.89. The Morgan fingerprint density at radius 2 is 2.18 bits per heavy atom. The molecule has 2 N–H and O–H groups in total. The number of rotatable bonds is 5. The van der Waals surface area contributed by atoms with Crippen molar-refractivity contribution in [1.29, 1.82) is 0 Å². The predicted molar refractivity (Wildman–Crippen MR) is 94.1 cm³/mol. The first-order valence-corrected chi connectivity index (χ1v) is 8.14. The van der Waals surface area contributed by atoms with Crippen molar-refractivity contribution < 1.29 is 5.11 Å². The minimum atomic E-state index is 0.212. The van der Waals surface area contributed by atoms with Gasteiger partial charge in [0.2, 0.25) is 0 Å². The van der Waals surface area contributed by atoms with E-state index in [0.717, 1.165) is 16.7 Å². The molecule has 0 bridgehead atoms. The van der Waals surface area contributed by atoms with Crippen LogP contribution in [0, 0.1) is 0 Å². The zero-order valence-electron chi connectivity index (χ0n) is 13.3. The summed E-state index contributed by atoms with van der Waals surface area (Å²) in [5.41, 5.74) is 2.12. The molecule has 0 aliphatic heterocycles. The number of nitrogens with zero attached hydrogens (tertiary/aromatic N) is 3. The minimum Gasteiger partial charge on any atom is -0.508 e. The van der Waals surface area contributed by atoms with Crippen molar-refractivity contribution in [2.24, 2.45) is 0 Å². The van der Waals surface area contributed by atoms with Crippen LogP contribution in [-0.4, -0.2) is 25.7 Å². The Labute approximate surface area is 138 Å². The lowest BCUT2D eigenvalue weighted by Gasteiger charge is -2.16. The first-order valence-electron chi connectivity index (χ1n) is 7.34. The van der Waals surface area contributed by atoms with Gasteiger partial charge in [0.15, 0.2) is 5.65 Å². The molecule has 2 rings (SSSR count). The Balaban J connectivity index is 2.63. The van der Waals surface area contributed by atoms with Gasteiger partial charge >= 0.3 is 0 Å². The quantitative estimate of drug-likeness (QED) is 0.602. The molecule has 1 unspecified atom stereocenters. The Kier molecular flexibility index (Phi) is 5.24. The van der Waals surface area contributed by atoms with Crippen molar-refractivity contribution in [1.82, 2.24) is 14.6 Å². The normalized spacial score (nSPS) is 14.4. The number of aliphatic hydroxyl groups excluding tert-OH is 1. The second-order valence-electron chi connectivity index (χ2n) is 5.08. The summed E-state index contributed by atoms with van der Waals surface area (Å²) in [6.45, 7) is 7.92. The predicted octanol–water partition coefficient (Wildman–Crippen LogP) is 4.57. The second kappa shape index (κ2) is 6.96. The molecule has 2 heterocycles. The molecule has 0 fully saturated rings. The maximum absolute atomic E-state index is 10.1. The van der Waals surface area contributed by atoms with E-state index in [0.29, 0.717) is 23.0 Å². The summed E-state index contributed by atoms with van der Waals surface area (Å²) >= 11 is 3.47. The number of aromatic nitrogens is 3. The third kappa shape index (κ3) is 3.16. The molecule has 5 nitrogen and oxygen atoms in total. The van der Waals surface area contributed by atoms with Gasteiger partial charge in [-0.1, -0.05) is 13.0 Å². The van der Waals surface area contributed by atoms with Gasteiger partial charge in [-0.25, -0.2) is 4.98 Å². The highest BCUT2D eigenvalue weighted by Gasteiger charge is 2.15. The molecule has 118 valence electrons. The smallest absolute Gasteiger partial charge is 0.172 e. The van der Waals surface area contributed by atoms with Crippen LogP contribution in [0.4, 0.5) is 5.82 Å². The van der Waals surface area contributed by atoms with Crippen LogP contribution >= 0.6 is 15.9 Å². The number of hydrogen-bond donors (Lipinski definition) is 2. The highest BCUT2D eigenvalue weighted by Crippen LogP contribution is 2.26. The van der Waals surface area contributed by atoms with Crippen LogP contribution in [0.2, 0.25) is 0 Å². The highest BCUT2D eigenvalue weighted by molar-refractivity contribution is 9.10. The lowest BCUT2D eigenvalue weighted by Crippen LogP contribution is -2.17. The SMILES string of the molecule is C/C=C(\C(O)=C/C)c1cc(NC(C)CC)n2ncc(Br)c2n1. The lowest BCUT2D eigenvalue weighted by atomic mass is 10.1. The van der Waals surface area contributed by atoms with Gasteiger partial charge in [0.25, 0.3) is 0 Å². The second-order valence-corrected chi connectivity index (χ2v) is 5.94. The van der Waals surface area contributed by atoms with E-state index < -0.39 is 0 Å². The van der Waals surface area contributed by atoms with E-state index in [-0.39, 0.29) is 5.76 Å². The molecule has 0 aliphatic rings. The molecule has 0 spiro atoms. The third-order valence-electron chi connectivity index (χ3n) is 3.55. The van der Waals surface area contributed by atoms with E-state index in [2.05, 4.69) is 45.2 Å². The molecular formula is C16H21BrN4O. The Morgan fingerprint density at radius 3 is 2.77 bits per heavy atom. The van der Waals surface area contributed by atoms with E-state index in [4.69, 9.17) is 0 Å². The molecule has 2 aromatic heterocycles. The largest absolute Gasteiger partial charge is 0.508 e. The third-order valence-corrected chi connectivity index (χ3v) is 4.11. The summed E-state index contributed by atoms with van der Waals surface area (Å²) in [5, 5.41) is 17.9. The van der Waals surface area contributed by atoms with Gasteiger partial charge in [-0.2, -0.15) is 9.61 Å². The van der Waals surface area contributed by atoms with Gasteiger partial charge in [-0.15, -0.1) is 0 Å². The van der Waals surface area contributed by atoms with Crippen molar-refractivity contribution in [3.05, 3.63) is 40.3 Å². The molecular weight excluding hydrogens is 344 g/mol. The van der Waals surface area contributed by atoms with Gasteiger partial charge in [0, 0.05) is 17.7 Å². The monoisotopic (exact) mass is 364 g/mol. The summed E-state index contributed by atoms with van der Waals surface area (Å²) < 4.78 is 2.58. The number of fused-ring (bicyclic) bond motifs is 1. The van der Waals surface area contributed by atoms with Crippen LogP contribution in [0.25, 0.3) is 11.2 Å². The van der Waals surface area contributed by atoms with Crippen molar-refractivity contribution in [3.8, 4) is 0 Å². The number of hydrogen-bond acceptors (Lipinski definition) is 4. The number of nitrogens with one attached hydrogen (secondary N) is 1. The van der Waals surface area contributed by atoms with Gasteiger partial charge < -0.3 is 10.4 Å². The lowest BCUT2D eigenvalue weighted by molar-refractivity contribution is 0.436. The maximum atomic E-state index is 10.1. The minimum absolute atomic E-state index is 0.212. The summed E-state index contributed by atoms with van der Waals surface area (Å²) in [6.07, 6.45) is 6.23. The maximum Gasteiger partial charge on any atom is 0.172 e. The Morgan fingerprint density at radius 1 is 1.45 bits per heavy atom. The fraction of sp³-hybridized carbons (Fsp3) is 0.375.